The Morgan fingerprint density at radius 2 is 0.481 bits per heavy atom. The Morgan fingerprint density at radius 1 is 0.259 bits per heavy atom. The molecule has 0 aliphatic rings. The van der Waals surface area contributed by atoms with E-state index in [1.54, 1.807) is 0 Å². The number of carbonyl (C=O) groups is 3. The molecule has 0 spiro atoms. The lowest BCUT2D eigenvalue weighted by molar-refractivity contribution is -0.167. The van der Waals surface area contributed by atoms with Crippen LogP contribution < -0.4 is 0 Å². The fourth-order valence-corrected chi connectivity index (χ4v) is 10.7. The second-order valence-corrected chi connectivity index (χ2v) is 24.1. The summed E-state index contributed by atoms with van der Waals surface area (Å²) in [7, 11) is 0. The van der Waals surface area contributed by atoms with E-state index in [2.05, 4.69) is 81.5 Å². The van der Waals surface area contributed by atoms with Crippen molar-refractivity contribution in [1.29, 1.82) is 0 Å². The highest BCUT2D eigenvalue weighted by molar-refractivity contribution is 5.71. The summed E-state index contributed by atoms with van der Waals surface area (Å²) in [4.78, 5) is 38.4. The van der Waals surface area contributed by atoms with E-state index in [0.717, 1.165) is 89.9 Å². The molecule has 0 aromatic carbocycles. The molecule has 0 aromatic heterocycles. The minimum Gasteiger partial charge on any atom is -0.462 e. The van der Waals surface area contributed by atoms with Crippen LogP contribution in [0.1, 0.15) is 380 Å². The highest BCUT2D eigenvalue weighted by Crippen LogP contribution is 2.18. The SMILES string of the molecule is CC/C=C\C/C=C\C/C=C\CCCCCC(=O)OCC(COC(=O)CCCCCCCCCCCCCCCCCCCCC/C=C\C/C=C\CCCCCCC)OC(=O)CCCCCCCCCCCCCCCCCCCCC. The standard InChI is InChI=1S/C75H136O6/c1-4-7-10-13-16-19-22-25-27-29-31-32-33-34-35-36-37-38-39-40-41-42-44-45-47-50-53-56-59-62-65-68-74(77)80-71-72(70-79-73(76)67-64-61-58-55-52-49-24-21-18-15-12-9-6-3)81-75(78)69-66-63-60-57-54-51-48-46-43-30-28-26-23-20-17-14-11-8-5-2/h9,12,18,21-22,25,29,31,49,52,72H,4-8,10-11,13-17,19-20,23-24,26-28,30,32-48,50-51,53-71H2,1-3H3/b12-9-,21-18-,25-22-,31-29-,52-49-. The van der Waals surface area contributed by atoms with Gasteiger partial charge in [0, 0.05) is 19.3 Å². The molecule has 0 aliphatic carbocycles. The number of hydrogen-bond donors (Lipinski definition) is 0. The highest BCUT2D eigenvalue weighted by atomic mass is 16.6. The van der Waals surface area contributed by atoms with Crippen molar-refractivity contribution in [3.05, 3.63) is 60.8 Å². The molecule has 6 nitrogen and oxygen atoms in total. The van der Waals surface area contributed by atoms with E-state index >= 15 is 0 Å². The zero-order valence-electron chi connectivity index (χ0n) is 54.3. The van der Waals surface area contributed by atoms with Gasteiger partial charge in [0.1, 0.15) is 13.2 Å². The van der Waals surface area contributed by atoms with Gasteiger partial charge < -0.3 is 14.2 Å². The molecule has 0 aliphatic heterocycles. The first-order valence-electron chi connectivity index (χ1n) is 35.8. The van der Waals surface area contributed by atoms with E-state index < -0.39 is 6.10 Å². The second kappa shape index (κ2) is 69.6. The van der Waals surface area contributed by atoms with Gasteiger partial charge in [-0.05, 0) is 83.5 Å². The van der Waals surface area contributed by atoms with Gasteiger partial charge in [-0.15, -0.1) is 0 Å². The fourth-order valence-electron chi connectivity index (χ4n) is 10.7. The molecule has 1 atom stereocenters. The first-order chi connectivity index (χ1) is 40.0. The lowest BCUT2D eigenvalue weighted by atomic mass is 10.0. The summed E-state index contributed by atoms with van der Waals surface area (Å²) < 4.78 is 17.0. The lowest BCUT2D eigenvalue weighted by Crippen LogP contribution is -2.30. The Balaban J connectivity index is 4.17. The molecule has 0 aromatic rings. The van der Waals surface area contributed by atoms with Crippen LogP contribution in [0.4, 0.5) is 0 Å². The minimum absolute atomic E-state index is 0.0785. The molecule has 0 bridgehead atoms. The van der Waals surface area contributed by atoms with E-state index in [1.165, 1.54) is 250 Å². The molecule has 0 heterocycles. The molecular weight excluding hydrogens is 997 g/mol. The molecule has 0 saturated carbocycles. The molecule has 1 unspecified atom stereocenters. The third-order valence-corrected chi connectivity index (χ3v) is 16.0. The summed E-state index contributed by atoms with van der Waals surface area (Å²) in [6, 6.07) is 0. The van der Waals surface area contributed by atoms with Crippen molar-refractivity contribution in [3.8, 4) is 0 Å². The predicted octanol–water partition coefficient (Wildman–Crippen LogP) is 24.7. The smallest absolute Gasteiger partial charge is 0.306 e. The molecular formula is C75H136O6. The van der Waals surface area contributed by atoms with Gasteiger partial charge in [0.05, 0.1) is 0 Å². The van der Waals surface area contributed by atoms with Gasteiger partial charge in [-0.1, -0.05) is 338 Å². The Labute approximate surface area is 504 Å². The molecule has 0 radical (unpaired) electrons. The number of hydrogen-bond acceptors (Lipinski definition) is 6. The third kappa shape index (κ3) is 67.8. The Morgan fingerprint density at radius 3 is 0.765 bits per heavy atom. The fraction of sp³-hybridized carbons (Fsp3) is 0.827. The van der Waals surface area contributed by atoms with Gasteiger partial charge in [0.25, 0.3) is 0 Å². The summed E-state index contributed by atoms with van der Waals surface area (Å²) >= 11 is 0. The highest BCUT2D eigenvalue weighted by Gasteiger charge is 2.19. The van der Waals surface area contributed by atoms with Crippen LogP contribution in [-0.4, -0.2) is 37.2 Å². The van der Waals surface area contributed by atoms with Gasteiger partial charge in [0.2, 0.25) is 0 Å². The van der Waals surface area contributed by atoms with Crippen molar-refractivity contribution in [1.82, 2.24) is 0 Å². The number of allylic oxidation sites excluding steroid dienone is 10. The summed E-state index contributed by atoms with van der Waals surface area (Å²) in [5.74, 6) is -0.884. The quantitative estimate of drug-likeness (QED) is 0.0261. The van der Waals surface area contributed by atoms with Crippen molar-refractivity contribution >= 4 is 17.9 Å². The van der Waals surface area contributed by atoms with Crippen LogP contribution in [0, 0.1) is 0 Å². The van der Waals surface area contributed by atoms with Crippen molar-refractivity contribution in [3.63, 3.8) is 0 Å². The van der Waals surface area contributed by atoms with Gasteiger partial charge in [-0.25, -0.2) is 0 Å². The first-order valence-corrected chi connectivity index (χ1v) is 35.8. The van der Waals surface area contributed by atoms with E-state index in [1.807, 2.05) is 0 Å². The molecule has 0 fully saturated rings. The zero-order chi connectivity index (χ0) is 58.5. The van der Waals surface area contributed by atoms with Crippen LogP contribution in [0.3, 0.4) is 0 Å². The van der Waals surface area contributed by atoms with Gasteiger partial charge in [0.15, 0.2) is 6.10 Å². The first kappa shape index (κ1) is 78.1. The van der Waals surface area contributed by atoms with Crippen LogP contribution in [0.25, 0.3) is 0 Å². The number of unbranched alkanes of at least 4 members (excludes halogenated alkanes) is 45. The van der Waals surface area contributed by atoms with Crippen molar-refractivity contribution < 1.29 is 28.6 Å². The predicted molar refractivity (Wildman–Crippen MR) is 353 cm³/mol. The molecule has 6 heteroatoms. The van der Waals surface area contributed by atoms with Crippen LogP contribution in [0.5, 0.6) is 0 Å². The minimum atomic E-state index is -0.784. The van der Waals surface area contributed by atoms with Crippen LogP contribution >= 0.6 is 0 Å². The van der Waals surface area contributed by atoms with E-state index in [-0.39, 0.29) is 31.1 Å². The molecule has 0 N–H and O–H groups in total. The maximum Gasteiger partial charge on any atom is 0.306 e. The van der Waals surface area contributed by atoms with Crippen LogP contribution in [0.15, 0.2) is 60.8 Å². The van der Waals surface area contributed by atoms with Crippen LogP contribution in [0.2, 0.25) is 0 Å². The van der Waals surface area contributed by atoms with Crippen molar-refractivity contribution in [2.24, 2.45) is 0 Å². The summed E-state index contributed by atoms with van der Waals surface area (Å²) in [6.07, 6.45) is 89.8. The topological polar surface area (TPSA) is 78.9 Å². The van der Waals surface area contributed by atoms with E-state index in [9.17, 15) is 14.4 Å². The molecule has 0 rings (SSSR count). The van der Waals surface area contributed by atoms with E-state index in [0.29, 0.717) is 19.3 Å². The summed E-state index contributed by atoms with van der Waals surface area (Å²) in [5.41, 5.74) is 0. The Hall–Kier alpha value is -2.89. The van der Waals surface area contributed by atoms with Crippen molar-refractivity contribution in [2.75, 3.05) is 13.2 Å². The second-order valence-electron chi connectivity index (χ2n) is 24.1. The number of rotatable bonds is 66. The van der Waals surface area contributed by atoms with Crippen LogP contribution in [-0.2, 0) is 28.6 Å². The monoisotopic (exact) mass is 1130 g/mol. The number of ether oxygens (including phenoxy) is 3. The average Bonchev–Trinajstić information content (AvgIpc) is 3.46. The molecule has 0 saturated heterocycles. The zero-order valence-corrected chi connectivity index (χ0v) is 54.3. The summed E-state index contributed by atoms with van der Waals surface area (Å²) in [6.45, 7) is 6.55. The Kier molecular flexibility index (Phi) is 67.1. The lowest BCUT2D eigenvalue weighted by Gasteiger charge is -2.18. The van der Waals surface area contributed by atoms with Crippen molar-refractivity contribution in [2.45, 2.75) is 386 Å². The van der Waals surface area contributed by atoms with E-state index in [4.69, 9.17) is 14.2 Å². The molecule has 0 amide bonds. The largest absolute Gasteiger partial charge is 0.462 e. The Bertz CT molecular complexity index is 1440. The average molecular weight is 1130 g/mol. The normalized spacial score (nSPS) is 12.4. The number of esters is 3. The molecule has 81 heavy (non-hydrogen) atoms. The van der Waals surface area contributed by atoms with Gasteiger partial charge in [-0.3, -0.25) is 14.4 Å². The van der Waals surface area contributed by atoms with Gasteiger partial charge >= 0.3 is 17.9 Å². The molecule has 472 valence electrons. The third-order valence-electron chi connectivity index (χ3n) is 16.0. The maximum atomic E-state index is 12.9. The summed E-state index contributed by atoms with van der Waals surface area (Å²) in [5, 5.41) is 0. The van der Waals surface area contributed by atoms with Gasteiger partial charge in [-0.2, -0.15) is 0 Å². The number of carbonyl (C=O) groups excluding carboxylic acids is 3. The maximum absolute atomic E-state index is 12.9.